The molecule has 0 radical (unpaired) electrons. The van der Waals surface area contributed by atoms with Gasteiger partial charge in [-0.2, -0.15) is 5.10 Å². The minimum absolute atomic E-state index is 0.155. The summed E-state index contributed by atoms with van der Waals surface area (Å²) in [6.07, 6.45) is 4.91. The molecule has 0 amide bonds. The molecule has 3 rings (SSSR count). The first-order valence-electron chi connectivity index (χ1n) is 8.84. The number of hydrogen-bond acceptors (Lipinski definition) is 6. The van der Waals surface area contributed by atoms with Gasteiger partial charge in [0.2, 0.25) is 0 Å². The lowest BCUT2D eigenvalue weighted by atomic mass is 9.83. The molecule has 8 nitrogen and oxygen atoms in total. The monoisotopic (exact) mass is 368 g/mol. The summed E-state index contributed by atoms with van der Waals surface area (Å²) >= 11 is 0. The van der Waals surface area contributed by atoms with E-state index in [2.05, 4.69) is 22.7 Å². The number of anilines is 1. The SMILES string of the molecule is O=[N+]([O-])c1ccc(N/N=C2\CCCC[C@H]2Cc2ccccc2)c([N+](=O)[O-])c1. The van der Waals surface area contributed by atoms with E-state index in [9.17, 15) is 20.2 Å². The van der Waals surface area contributed by atoms with E-state index < -0.39 is 9.85 Å². The Hall–Kier alpha value is -3.29. The molecule has 8 heteroatoms. The van der Waals surface area contributed by atoms with Gasteiger partial charge in [0.05, 0.1) is 15.9 Å². The highest BCUT2D eigenvalue weighted by Gasteiger charge is 2.23. The second kappa shape index (κ2) is 8.39. The zero-order chi connectivity index (χ0) is 19.2. The minimum Gasteiger partial charge on any atom is -0.272 e. The molecule has 2 aromatic carbocycles. The van der Waals surface area contributed by atoms with Crippen LogP contribution in [-0.2, 0) is 6.42 Å². The standard InChI is InChI=1S/C19H20N4O4/c24-22(25)16-10-11-18(19(13-16)23(26)27)21-20-17-9-5-4-8-15(17)12-14-6-2-1-3-7-14/h1-3,6-7,10-11,13,15,21H,4-5,8-9,12H2/b20-17+/t15-/m0/s1. The molecule has 0 bridgehead atoms. The van der Waals surface area contributed by atoms with Crippen LogP contribution in [0.5, 0.6) is 0 Å². The van der Waals surface area contributed by atoms with Crippen LogP contribution in [0.4, 0.5) is 17.1 Å². The molecule has 1 aliphatic carbocycles. The van der Waals surface area contributed by atoms with E-state index in [-0.39, 0.29) is 23.0 Å². The highest BCUT2D eigenvalue weighted by molar-refractivity contribution is 5.88. The van der Waals surface area contributed by atoms with Gasteiger partial charge in [0.25, 0.3) is 5.69 Å². The van der Waals surface area contributed by atoms with E-state index in [0.29, 0.717) is 0 Å². The number of nitrogens with one attached hydrogen (secondary N) is 1. The van der Waals surface area contributed by atoms with Gasteiger partial charge in [0.1, 0.15) is 5.69 Å². The van der Waals surface area contributed by atoms with Crippen molar-refractivity contribution in [2.24, 2.45) is 11.0 Å². The number of rotatable bonds is 6. The van der Waals surface area contributed by atoms with Gasteiger partial charge >= 0.3 is 5.69 Å². The maximum Gasteiger partial charge on any atom is 0.301 e. The molecule has 0 aliphatic heterocycles. The first kappa shape index (κ1) is 18.5. The summed E-state index contributed by atoms with van der Waals surface area (Å²) in [5.41, 5.74) is 4.47. The van der Waals surface area contributed by atoms with Crippen LogP contribution in [0.15, 0.2) is 53.6 Å². The quantitative estimate of drug-likeness (QED) is 0.586. The van der Waals surface area contributed by atoms with Crippen molar-refractivity contribution in [3.05, 3.63) is 74.3 Å². The topological polar surface area (TPSA) is 111 Å². The molecule has 0 unspecified atom stereocenters. The number of hydrogen-bond donors (Lipinski definition) is 1. The molecule has 0 spiro atoms. The van der Waals surface area contributed by atoms with Gasteiger partial charge in [-0.1, -0.05) is 36.8 Å². The Balaban J connectivity index is 1.80. The van der Waals surface area contributed by atoms with Gasteiger partial charge in [-0.3, -0.25) is 25.7 Å². The van der Waals surface area contributed by atoms with Crippen molar-refractivity contribution in [2.45, 2.75) is 32.1 Å². The van der Waals surface area contributed by atoms with Gasteiger partial charge in [-0.25, -0.2) is 0 Å². The summed E-state index contributed by atoms with van der Waals surface area (Å²) in [5.74, 6) is 0.283. The molecule has 1 fully saturated rings. The maximum atomic E-state index is 11.2. The van der Waals surface area contributed by atoms with Gasteiger partial charge in [0.15, 0.2) is 0 Å². The number of nitro groups is 2. The highest BCUT2D eigenvalue weighted by atomic mass is 16.6. The molecular formula is C19H20N4O4. The first-order chi connectivity index (χ1) is 13.0. The molecule has 0 aromatic heterocycles. The number of nitro benzene ring substituents is 2. The van der Waals surface area contributed by atoms with Crippen LogP contribution in [0.25, 0.3) is 0 Å². The predicted octanol–water partition coefficient (Wildman–Crippen LogP) is 4.70. The zero-order valence-electron chi connectivity index (χ0n) is 14.7. The molecule has 1 saturated carbocycles. The molecule has 2 aromatic rings. The Morgan fingerprint density at radius 2 is 1.81 bits per heavy atom. The van der Waals surface area contributed by atoms with Crippen LogP contribution in [0, 0.1) is 26.1 Å². The average Bonchev–Trinajstić information content (AvgIpc) is 2.68. The van der Waals surface area contributed by atoms with Crippen molar-refractivity contribution >= 4 is 22.8 Å². The van der Waals surface area contributed by atoms with Crippen molar-refractivity contribution in [3.8, 4) is 0 Å². The molecular weight excluding hydrogens is 348 g/mol. The molecule has 27 heavy (non-hydrogen) atoms. The Morgan fingerprint density at radius 3 is 2.52 bits per heavy atom. The van der Waals surface area contributed by atoms with E-state index in [1.807, 2.05) is 18.2 Å². The first-order valence-corrected chi connectivity index (χ1v) is 8.84. The number of hydrazone groups is 1. The van der Waals surface area contributed by atoms with Crippen LogP contribution < -0.4 is 5.43 Å². The average molecular weight is 368 g/mol. The smallest absolute Gasteiger partial charge is 0.272 e. The lowest BCUT2D eigenvalue weighted by Gasteiger charge is -2.24. The van der Waals surface area contributed by atoms with Crippen LogP contribution in [0.1, 0.15) is 31.2 Å². The third-order valence-corrected chi connectivity index (χ3v) is 4.74. The molecule has 1 atom stereocenters. The van der Waals surface area contributed by atoms with Gasteiger partial charge < -0.3 is 0 Å². The summed E-state index contributed by atoms with van der Waals surface area (Å²) in [5, 5.41) is 26.5. The highest BCUT2D eigenvalue weighted by Crippen LogP contribution is 2.30. The number of nitrogens with zero attached hydrogens (tertiary/aromatic N) is 3. The van der Waals surface area contributed by atoms with Crippen LogP contribution in [-0.4, -0.2) is 15.6 Å². The minimum atomic E-state index is -0.653. The Morgan fingerprint density at radius 1 is 1.04 bits per heavy atom. The van der Waals surface area contributed by atoms with Crippen LogP contribution >= 0.6 is 0 Å². The van der Waals surface area contributed by atoms with Crippen molar-refractivity contribution in [1.82, 2.24) is 0 Å². The fourth-order valence-electron chi connectivity index (χ4n) is 3.34. The third-order valence-electron chi connectivity index (χ3n) is 4.74. The maximum absolute atomic E-state index is 11.2. The van der Waals surface area contributed by atoms with Crippen molar-refractivity contribution in [1.29, 1.82) is 0 Å². The van der Waals surface area contributed by atoms with Crippen LogP contribution in [0.3, 0.4) is 0 Å². The summed E-state index contributed by atoms with van der Waals surface area (Å²) < 4.78 is 0. The molecule has 140 valence electrons. The zero-order valence-corrected chi connectivity index (χ0v) is 14.7. The second-order valence-corrected chi connectivity index (χ2v) is 6.56. The Kier molecular flexibility index (Phi) is 5.75. The Bertz CT molecular complexity index is 867. The van der Waals surface area contributed by atoms with E-state index in [1.54, 1.807) is 0 Å². The normalized spacial score (nSPS) is 18.2. The van der Waals surface area contributed by atoms with E-state index in [1.165, 1.54) is 17.7 Å². The molecule has 1 aliphatic rings. The number of benzene rings is 2. The lowest BCUT2D eigenvalue weighted by Crippen LogP contribution is -2.22. The fourth-order valence-corrected chi connectivity index (χ4v) is 3.34. The van der Waals surface area contributed by atoms with E-state index in [0.717, 1.165) is 43.9 Å². The van der Waals surface area contributed by atoms with E-state index >= 15 is 0 Å². The molecule has 0 heterocycles. The van der Waals surface area contributed by atoms with Crippen molar-refractivity contribution < 1.29 is 9.85 Å². The van der Waals surface area contributed by atoms with Gasteiger partial charge in [0, 0.05) is 17.7 Å². The second-order valence-electron chi connectivity index (χ2n) is 6.56. The fraction of sp³-hybridized carbons (Fsp3) is 0.316. The van der Waals surface area contributed by atoms with Crippen molar-refractivity contribution in [2.75, 3.05) is 5.43 Å². The number of non-ortho nitro benzene ring substituents is 1. The third kappa shape index (κ3) is 4.66. The van der Waals surface area contributed by atoms with E-state index in [4.69, 9.17) is 0 Å². The molecule has 1 N–H and O–H groups in total. The summed E-state index contributed by atoms with van der Waals surface area (Å²) in [7, 11) is 0. The van der Waals surface area contributed by atoms with Gasteiger partial charge in [-0.15, -0.1) is 0 Å². The largest absolute Gasteiger partial charge is 0.301 e. The lowest BCUT2D eigenvalue weighted by molar-refractivity contribution is -0.393. The summed E-state index contributed by atoms with van der Waals surface area (Å²) in [4.78, 5) is 20.8. The predicted molar refractivity (Wildman–Crippen MR) is 103 cm³/mol. The summed E-state index contributed by atoms with van der Waals surface area (Å²) in [6, 6.07) is 13.7. The Labute approximate surface area is 156 Å². The van der Waals surface area contributed by atoms with Gasteiger partial charge in [-0.05, 0) is 37.3 Å². The molecule has 0 saturated heterocycles. The van der Waals surface area contributed by atoms with Crippen molar-refractivity contribution in [3.63, 3.8) is 0 Å². The summed E-state index contributed by atoms with van der Waals surface area (Å²) in [6.45, 7) is 0. The van der Waals surface area contributed by atoms with Crippen LogP contribution in [0.2, 0.25) is 0 Å².